The summed E-state index contributed by atoms with van der Waals surface area (Å²) in [5, 5.41) is 10.9. The van der Waals surface area contributed by atoms with Gasteiger partial charge in [0.2, 0.25) is 0 Å². The van der Waals surface area contributed by atoms with Crippen molar-refractivity contribution in [2.24, 2.45) is 0 Å². The molecule has 3 nitrogen and oxygen atoms in total. The van der Waals surface area contributed by atoms with Crippen LogP contribution >= 0.6 is 23.2 Å². The van der Waals surface area contributed by atoms with Gasteiger partial charge in [-0.15, -0.1) is 0 Å². The number of para-hydroxylation sites is 2. The molecule has 0 heterocycles. The van der Waals surface area contributed by atoms with E-state index in [0.717, 1.165) is 0 Å². The van der Waals surface area contributed by atoms with Crippen LogP contribution in [0.3, 0.4) is 0 Å². The fourth-order valence-electron chi connectivity index (χ4n) is 1.60. The van der Waals surface area contributed by atoms with Gasteiger partial charge in [0.15, 0.2) is 0 Å². The molecular weight excluding hydrogens is 285 g/mol. The molecule has 0 spiro atoms. The third-order valence-electron chi connectivity index (χ3n) is 2.64. The van der Waals surface area contributed by atoms with E-state index in [0.29, 0.717) is 27.0 Å². The first-order valence-corrected chi connectivity index (χ1v) is 6.44. The average molecular weight is 298 g/mol. The van der Waals surface area contributed by atoms with Crippen LogP contribution in [0.1, 0.15) is 11.7 Å². The Morgan fingerprint density at radius 1 is 1.11 bits per heavy atom. The molecule has 0 amide bonds. The van der Waals surface area contributed by atoms with E-state index < -0.39 is 6.10 Å². The van der Waals surface area contributed by atoms with Gasteiger partial charge >= 0.3 is 0 Å². The molecule has 0 aromatic heterocycles. The lowest BCUT2D eigenvalue weighted by atomic mass is 10.1. The molecule has 19 heavy (non-hydrogen) atoms. The Hall–Kier alpha value is -1.42. The summed E-state index contributed by atoms with van der Waals surface area (Å²) in [5.74, 6) is 0.543. The number of rotatable bonds is 4. The molecule has 2 aromatic carbocycles. The van der Waals surface area contributed by atoms with E-state index in [1.165, 1.54) is 0 Å². The number of halogens is 2. The monoisotopic (exact) mass is 297 g/mol. The van der Waals surface area contributed by atoms with Crippen molar-refractivity contribution in [2.45, 2.75) is 6.10 Å². The number of anilines is 1. The van der Waals surface area contributed by atoms with E-state index in [1.54, 1.807) is 30.3 Å². The van der Waals surface area contributed by atoms with E-state index in [9.17, 15) is 5.11 Å². The molecule has 0 saturated heterocycles. The first-order chi connectivity index (χ1) is 9.08. The van der Waals surface area contributed by atoms with Gasteiger partial charge in [-0.2, -0.15) is 0 Å². The van der Waals surface area contributed by atoms with Crippen LogP contribution < -0.4 is 10.5 Å². The summed E-state index contributed by atoms with van der Waals surface area (Å²) < 4.78 is 5.47. The molecule has 1 atom stereocenters. The van der Waals surface area contributed by atoms with Crippen LogP contribution in [0.5, 0.6) is 5.75 Å². The number of aliphatic hydroxyl groups excluding tert-OH is 1. The minimum absolute atomic E-state index is 0.0895. The molecule has 0 radical (unpaired) electrons. The summed E-state index contributed by atoms with van der Waals surface area (Å²) in [6.45, 7) is 0.0895. The summed E-state index contributed by atoms with van der Waals surface area (Å²) in [6, 6.07) is 12.1. The van der Waals surface area contributed by atoms with E-state index >= 15 is 0 Å². The highest BCUT2D eigenvalue weighted by Gasteiger charge is 2.11. The second kappa shape index (κ2) is 6.15. The molecule has 2 rings (SSSR count). The molecule has 3 N–H and O–H groups in total. The second-order valence-corrected chi connectivity index (χ2v) is 4.85. The van der Waals surface area contributed by atoms with Crippen molar-refractivity contribution >= 4 is 28.9 Å². The van der Waals surface area contributed by atoms with Crippen molar-refractivity contribution in [3.05, 3.63) is 58.1 Å². The van der Waals surface area contributed by atoms with Gasteiger partial charge in [0, 0.05) is 0 Å². The van der Waals surface area contributed by atoms with Gasteiger partial charge in [-0.1, -0.05) is 41.4 Å². The third-order valence-corrected chi connectivity index (χ3v) is 3.38. The van der Waals surface area contributed by atoms with Gasteiger partial charge in [0.1, 0.15) is 18.5 Å². The van der Waals surface area contributed by atoms with E-state index in [2.05, 4.69) is 0 Å². The fraction of sp³-hybridized carbons (Fsp3) is 0.143. The first kappa shape index (κ1) is 14.0. The van der Waals surface area contributed by atoms with Crippen molar-refractivity contribution in [2.75, 3.05) is 12.3 Å². The lowest BCUT2D eigenvalue weighted by Gasteiger charge is -2.14. The number of nitrogen functional groups attached to an aromatic ring is 1. The van der Waals surface area contributed by atoms with Crippen LogP contribution in [-0.4, -0.2) is 11.7 Å². The molecular formula is C14H13Cl2NO2. The van der Waals surface area contributed by atoms with E-state index in [4.69, 9.17) is 33.7 Å². The quantitative estimate of drug-likeness (QED) is 0.846. The molecule has 0 aliphatic carbocycles. The summed E-state index contributed by atoms with van der Waals surface area (Å²) in [7, 11) is 0. The normalized spacial score (nSPS) is 12.2. The van der Waals surface area contributed by atoms with Crippen molar-refractivity contribution in [1.29, 1.82) is 0 Å². The average Bonchev–Trinajstić information content (AvgIpc) is 2.40. The molecule has 1 unspecified atom stereocenters. The van der Waals surface area contributed by atoms with Gasteiger partial charge in [-0.3, -0.25) is 0 Å². The summed E-state index contributed by atoms with van der Waals surface area (Å²) in [5.41, 5.74) is 6.92. The number of benzene rings is 2. The van der Waals surface area contributed by atoms with Gasteiger partial charge in [0.05, 0.1) is 15.7 Å². The predicted octanol–water partition coefficient (Wildman–Crippen LogP) is 3.69. The molecule has 0 bridgehead atoms. The van der Waals surface area contributed by atoms with Gasteiger partial charge in [0.25, 0.3) is 0 Å². The van der Waals surface area contributed by atoms with Crippen molar-refractivity contribution in [3.63, 3.8) is 0 Å². The molecule has 0 aliphatic heterocycles. The standard InChI is InChI=1S/C14H13Cl2NO2/c15-10-6-5-9(7-11(10)16)13(18)8-19-14-4-2-1-3-12(14)17/h1-7,13,18H,8,17H2. The Labute approximate surface area is 121 Å². The van der Waals surface area contributed by atoms with E-state index in [-0.39, 0.29) is 6.61 Å². The van der Waals surface area contributed by atoms with Crippen LogP contribution in [0.15, 0.2) is 42.5 Å². The summed E-state index contributed by atoms with van der Waals surface area (Å²) >= 11 is 11.7. The first-order valence-electron chi connectivity index (χ1n) is 5.68. The van der Waals surface area contributed by atoms with Crippen LogP contribution in [0, 0.1) is 0 Å². The lowest BCUT2D eigenvalue weighted by molar-refractivity contribution is 0.108. The molecule has 100 valence electrons. The molecule has 5 heteroatoms. The Kier molecular flexibility index (Phi) is 4.53. The van der Waals surface area contributed by atoms with Crippen molar-refractivity contribution in [1.82, 2.24) is 0 Å². The zero-order chi connectivity index (χ0) is 13.8. The van der Waals surface area contributed by atoms with Crippen LogP contribution in [0.25, 0.3) is 0 Å². The summed E-state index contributed by atoms with van der Waals surface area (Å²) in [4.78, 5) is 0. The Morgan fingerprint density at radius 3 is 2.53 bits per heavy atom. The molecule has 0 aliphatic rings. The third kappa shape index (κ3) is 3.53. The Bertz CT molecular complexity index is 575. The number of hydrogen-bond donors (Lipinski definition) is 2. The summed E-state index contributed by atoms with van der Waals surface area (Å²) in [6.07, 6.45) is -0.797. The highest BCUT2D eigenvalue weighted by atomic mass is 35.5. The van der Waals surface area contributed by atoms with Crippen LogP contribution in [0.2, 0.25) is 10.0 Å². The zero-order valence-electron chi connectivity index (χ0n) is 10.0. The van der Waals surface area contributed by atoms with Crippen LogP contribution in [-0.2, 0) is 0 Å². The maximum absolute atomic E-state index is 10.0. The smallest absolute Gasteiger partial charge is 0.142 e. The van der Waals surface area contributed by atoms with Gasteiger partial charge < -0.3 is 15.6 Å². The highest BCUT2D eigenvalue weighted by Crippen LogP contribution is 2.27. The van der Waals surface area contributed by atoms with Crippen molar-refractivity contribution < 1.29 is 9.84 Å². The second-order valence-electron chi connectivity index (χ2n) is 4.04. The maximum atomic E-state index is 10.0. The van der Waals surface area contributed by atoms with Crippen molar-refractivity contribution in [3.8, 4) is 5.75 Å². The zero-order valence-corrected chi connectivity index (χ0v) is 11.5. The fourth-order valence-corrected chi connectivity index (χ4v) is 1.90. The SMILES string of the molecule is Nc1ccccc1OCC(O)c1ccc(Cl)c(Cl)c1. The number of ether oxygens (including phenoxy) is 1. The predicted molar refractivity (Wildman–Crippen MR) is 77.8 cm³/mol. The minimum Gasteiger partial charge on any atom is -0.488 e. The molecule has 0 fully saturated rings. The van der Waals surface area contributed by atoms with Gasteiger partial charge in [-0.25, -0.2) is 0 Å². The van der Waals surface area contributed by atoms with Crippen LogP contribution in [0.4, 0.5) is 5.69 Å². The number of nitrogens with two attached hydrogens (primary N) is 1. The van der Waals surface area contributed by atoms with Gasteiger partial charge in [-0.05, 0) is 29.8 Å². The highest BCUT2D eigenvalue weighted by molar-refractivity contribution is 6.42. The number of hydrogen-bond acceptors (Lipinski definition) is 3. The largest absolute Gasteiger partial charge is 0.488 e. The Morgan fingerprint density at radius 2 is 1.84 bits per heavy atom. The topological polar surface area (TPSA) is 55.5 Å². The van der Waals surface area contributed by atoms with E-state index in [1.807, 2.05) is 12.1 Å². The molecule has 0 saturated carbocycles. The lowest BCUT2D eigenvalue weighted by Crippen LogP contribution is -2.10. The Balaban J connectivity index is 2.03. The number of aliphatic hydroxyl groups is 1. The molecule has 2 aromatic rings. The maximum Gasteiger partial charge on any atom is 0.142 e. The minimum atomic E-state index is -0.797.